The van der Waals surface area contributed by atoms with Crippen LogP contribution in [0.2, 0.25) is 0 Å². The van der Waals surface area contributed by atoms with Crippen molar-refractivity contribution in [2.24, 2.45) is 5.92 Å². The number of rotatable bonds is 0. The summed E-state index contributed by atoms with van der Waals surface area (Å²) in [5, 5.41) is 0. The van der Waals surface area contributed by atoms with E-state index in [9.17, 15) is 0 Å². The zero-order valence-corrected chi connectivity index (χ0v) is 21.1. The molecular formula is C19H30Cl2SiZr-3. The van der Waals surface area contributed by atoms with Crippen LogP contribution in [0.1, 0.15) is 59.8 Å². The van der Waals surface area contributed by atoms with Crippen LogP contribution in [0.15, 0.2) is 34.9 Å². The number of allylic oxidation sites excluding steroid dienone is 8. The van der Waals surface area contributed by atoms with E-state index in [2.05, 4.69) is 52.3 Å². The summed E-state index contributed by atoms with van der Waals surface area (Å²) in [7, 11) is 0. The third-order valence-electron chi connectivity index (χ3n) is 3.89. The first-order valence-electron chi connectivity index (χ1n) is 7.44. The van der Waals surface area contributed by atoms with Gasteiger partial charge in [0.2, 0.25) is 0 Å². The van der Waals surface area contributed by atoms with Gasteiger partial charge in [-0.05, 0) is 11.0 Å². The molecule has 0 aromatic rings. The Morgan fingerprint density at radius 2 is 1.65 bits per heavy atom. The minimum atomic E-state index is 0. The second-order valence-electron chi connectivity index (χ2n) is 5.38. The molecule has 1 saturated carbocycles. The topological polar surface area (TPSA) is 0 Å². The smallest absolute Gasteiger partial charge is 1.00 e. The van der Waals surface area contributed by atoms with Crippen LogP contribution in [-0.4, -0.2) is 11.0 Å². The predicted molar refractivity (Wildman–Crippen MR) is 94.2 cm³/mol. The van der Waals surface area contributed by atoms with Crippen molar-refractivity contribution in [1.29, 1.82) is 0 Å². The van der Waals surface area contributed by atoms with E-state index in [4.69, 9.17) is 0 Å². The molecule has 0 aliphatic heterocycles. The van der Waals surface area contributed by atoms with Gasteiger partial charge in [-0.2, -0.15) is 30.1 Å². The number of hydrogen-bond donors (Lipinski definition) is 0. The molecule has 131 valence electrons. The molecule has 1 unspecified atom stereocenters. The summed E-state index contributed by atoms with van der Waals surface area (Å²) in [6, 6.07) is 0. The Hall–Kier alpha value is 0.640. The van der Waals surface area contributed by atoms with Crippen molar-refractivity contribution >= 4 is 11.0 Å². The maximum absolute atomic E-state index is 3.36. The SMILES string of the molecule is CC1=[C-]C(C)C(C)=C1C.[C-]1=CC=CC1.[CH-]1CCCC1.[Cl-].[Cl-].[SiH3].[Zr+2]. The quantitative estimate of drug-likeness (QED) is 0.316. The summed E-state index contributed by atoms with van der Waals surface area (Å²) in [6.07, 6.45) is 21.4. The second-order valence-corrected chi connectivity index (χ2v) is 5.38. The second kappa shape index (κ2) is 19.0. The molecule has 0 bridgehead atoms. The normalized spacial score (nSPS) is 19.7. The Labute approximate surface area is 180 Å². The molecule has 0 aromatic heterocycles. The van der Waals surface area contributed by atoms with Gasteiger partial charge in [-0.25, -0.2) is 17.7 Å². The van der Waals surface area contributed by atoms with E-state index in [1.165, 1.54) is 42.4 Å². The molecule has 3 aliphatic rings. The minimum Gasteiger partial charge on any atom is -1.00 e. The molecular weight excluding hydrogens is 418 g/mol. The molecule has 0 heterocycles. The predicted octanol–water partition coefficient (Wildman–Crippen LogP) is -1.39. The molecule has 0 spiro atoms. The van der Waals surface area contributed by atoms with Gasteiger partial charge in [-0.1, -0.05) is 39.5 Å². The van der Waals surface area contributed by atoms with Gasteiger partial charge in [0.15, 0.2) is 0 Å². The Morgan fingerprint density at radius 1 is 1.09 bits per heavy atom. The first kappa shape index (κ1) is 31.4. The van der Waals surface area contributed by atoms with E-state index >= 15 is 0 Å². The van der Waals surface area contributed by atoms with Gasteiger partial charge in [-0.15, -0.1) is 13.3 Å². The van der Waals surface area contributed by atoms with Crippen LogP contribution in [0.3, 0.4) is 0 Å². The average molecular weight is 449 g/mol. The molecule has 3 rings (SSSR count). The fourth-order valence-corrected chi connectivity index (χ4v) is 2.22. The maximum atomic E-state index is 3.36. The van der Waals surface area contributed by atoms with E-state index in [0.717, 1.165) is 6.42 Å². The van der Waals surface area contributed by atoms with Crippen LogP contribution in [0.4, 0.5) is 0 Å². The van der Waals surface area contributed by atoms with Crippen LogP contribution in [0, 0.1) is 24.5 Å². The summed E-state index contributed by atoms with van der Waals surface area (Å²) in [4.78, 5) is 0. The molecule has 3 aliphatic carbocycles. The molecule has 0 aromatic carbocycles. The maximum Gasteiger partial charge on any atom is 2.00 e. The first-order chi connectivity index (χ1) is 9.13. The summed E-state index contributed by atoms with van der Waals surface area (Å²) in [5.74, 6) is 0.560. The standard InChI is InChI=1S/C9H13.C5H9.C5H5.2ClH.H3Si.Zr/c1-6-5-7(2)9(4)8(6)3;2*1-2-4-5-3-1;;;;/h6H,1-4H3;1H,2-5H2;1-3H,4H2;2*1H;1H3;/q3*-1;;;;+2/p-2. The molecule has 0 amide bonds. The van der Waals surface area contributed by atoms with Crippen molar-refractivity contribution in [3.8, 4) is 0 Å². The van der Waals surface area contributed by atoms with Gasteiger partial charge in [0.1, 0.15) is 0 Å². The van der Waals surface area contributed by atoms with Gasteiger partial charge in [0.25, 0.3) is 0 Å². The molecule has 23 heavy (non-hydrogen) atoms. The van der Waals surface area contributed by atoms with Gasteiger partial charge >= 0.3 is 26.2 Å². The fourth-order valence-electron chi connectivity index (χ4n) is 2.22. The van der Waals surface area contributed by atoms with Gasteiger partial charge in [0, 0.05) is 0 Å². The van der Waals surface area contributed by atoms with Crippen molar-refractivity contribution in [2.45, 2.75) is 59.8 Å². The molecule has 1 atom stereocenters. The molecule has 0 saturated heterocycles. The van der Waals surface area contributed by atoms with E-state index in [1.807, 2.05) is 12.2 Å². The Kier molecular flexibility index (Phi) is 25.9. The average Bonchev–Trinajstić information content (AvgIpc) is 3.14. The Bertz CT molecular complexity index is 377. The molecule has 1 fully saturated rings. The third-order valence-corrected chi connectivity index (χ3v) is 3.89. The summed E-state index contributed by atoms with van der Waals surface area (Å²) in [5.41, 5.74) is 4.25. The third kappa shape index (κ3) is 13.6. The van der Waals surface area contributed by atoms with E-state index < -0.39 is 0 Å². The Morgan fingerprint density at radius 3 is 1.78 bits per heavy atom. The van der Waals surface area contributed by atoms with E-state index in [1.54, 1.807) is 0 Å². The van der Waals surface area contributed by atoms with Crippen molar-refractivity contribution in [2.75, 3.05) is 0 Å². The molecule has 0 N–H and O–H groups in total. The minimum absolute atomic E-state index is 0. The zero-order valence-electron chi connectivity index (χ0n) is 15.2. The fraction of sp³-hybridized carbons (Fsp3) is 0.526. The van der Waals surface area contributed by atoms with Crippen LogP contribution in [0.5, 0.6) is 0 Å². The monoisotopic (exact) mass is 446 g/mol. The van der Waals surface area contributed by atoms with Crippen LogP contribution in [-0.2, 0) is 26.2 Å². The van der Waals surface area contributed by atoms with E-state index in [-0.39, 0.29) is 62.0 Å². The Balaban J connectivity index is -0.000000114. The summed E-state index contributed by atoms with van der Waals surface area (Å²) in [6.45, 7) is 8.67. The molecule has 1 radical (unpaired) electrons. The summed E-state index contributed by atoms with van der Waals surface area (Å²) >= 11 is 0. The first-order valence-corrected chi connectivity index (χ1v) is 7.44. The van der Waals surface area contributed by atoms with Crippen molar-refractivity contribution in [3.63, 3.8) is 0 Å². The van der Waals surface area contributed by atoms with Crippen LogP contribution in [0.25, 0.3) is 0 Å². The molecule has 0 nitrogen and oxygen atoms in total. The number of hydrogen-bond acceptors (Lipinski definition) is 0. The van der Waals surface area contributed by atoms with E-state index in [0.29, 0.717) is 5.92 Å². The zero-order chi connectivity index (χ0) is 14.1. The largest absolute Gasteiger partial charge is 2.00 e. The van der Waals surface area contributed by atoms with Crippen molar-refractivity contribution in [3.05, 3.63) is 53.5 Å². The van der Waals surface area contributed by atoms with Crippen LogP contribution >= 0.6 is 0 Å². The van der Waals surface area contributed by atoms with Gasteiger partial charge in [0.05, 0.1) is 0 Å². The van der Waals surface area contributed by atoms with Crippen molar-refractivity contribution < 1.29 is 51.0 Å². The number of halogens is 2. The van der Waals surface area contributed by atoms with Crippen LogP contribution < -0.4 is 24.8 Å². The van der Waals surface area contributed by atoms with Gasteiger partial charge in [-0.3, -0.25) is 12.2 Å². The van der Waals surface area contributed by atoms with Crippen molar-refractivity contribution in [1.82, 2.24) is 0 Å². The summed E-state index contributed by atoms with van der Waals surface area (Å²) < 4.78 is 0. The van der Waals surface area contributed by atoms with Gasteiger partial charge < -0.3 is 31.2 Å². The molecule has 4 heteroatoms.